The third kappa shape index (κ3) is 6.42. The first-order valence-electron chi connectivity index (χ1n) is 8.57. The quantitative estimate of drug-likeness (QED) is 0.446. The number of ether oxygens (including phenoxy) is 2. The van der Waals surface area contributed by atoms with Crippen LogP contribution in [-0.2, 0) is 13.7 Å². The van der Waals surface area contributed by atoms with Crippen LogP contribution in [0.15, 0.2) is 47.6 Å². The minimum absolute atomic E-state index is 0.0960. The molecule has 6 nitrogen and oxygen atoms in total. The summed E-state index contributed by atoms with van der Waals surface area (Å²) in [5.74, 6) is 2.22. The summed E-state index contributed by atoms with van der Waals surface area (Å²) in [5.41, 5.74) is 0. The van der Waals surface area contributed by atoms with Crippen molar-refractivity contribution in [3.63, 3.8) is 0 Å². The smallest absolute Gasteiger partial charge is 0.191 e. The zero-order chi connectivity index (χ0) is 20.8. The highest BCUT2D eigenvalue weighted by atomic mass is 35.5. The highest BCUT2D eigenvalue weighted by Gasteiger charge is 2.14. The number of hydrogen-bond donors (Lipinski definition) is 1. The van der Waals surface area contributed by atoms with Crippen LogP contribution in [0.4, 0.5) is 0 Å². The lowest BCUT2D eigenvalue weighted by Gasteiger charge is -2.13. The molecule has 154 valence electrons. The number of nitrogens with zero attached hydrogens (tertiary/aromatic N) is 3. The number of aliphatic hydroxyl groups excluding tert-OH is 1. The Bertz CT molecular complexity index is 954. The lowest BCUT2D eigenvalue weighted by Crippen LogP contribution is -2.20. The standard InChI is InChI=1S/C19H18Cl3N3O3S/c1-25-18(10-27-15-5-2-12(20)3-6-15)23-24-19(25)29-11-14(26)9-28-17-7-4-13(21)8-16(17)22/h2-8,14,26H,9-11H2,1H3/t14-/m1/s1. The van der Waals surface area contributed by atoms with Gasteiger partial charge < -0.3 is 19.1 Å². The lowest BCUT2D eigenvalue weighted by atomic mass is 10.3. The number of benzene rings is 2. The third-order valence-electron chi connectivity index (χ3n) is 3.84. The molecule has 3 aromatic rings. The Kier molecular flexibility index (Phi) is 7.91. The molecule has 2 aromatic carbocycles. The van der Waals surface area contributed by atoms with Crippen molar-refractivity contribution >= 4 is 46.6 Å². The SMILES string of the molecule is Cn1c(COc2ccc(Cl)cc2)nnc1SC[C@H](O)COc1ccc(Cl)cc1Cl. The van der Waals surface area contributed by atoms with E-state index < -0.39 is 6.10 Å². The van der Waals surface area contributed by atoms with Crippen LogP contribution < -0.4 is 9.47 Å². The maximum atomic E-state index is 10.2. The lowest BCUT2D eigenvalue weighted by molar-refractivity contribution is 0.126. The summed E-state index contributed by atoms with van der Waals surface area (Å²) in [4.78, 5) is 0. The Balaban J connectivity index is 1.47. The maximum absolute atomic E-state index is 10.2. The van der Waals surface area contributed by atoms with Crippen LogP contribution in [0, 0.1) is 0 Å². The van der Waals surface area contributed by atoms with E-state index in [2.05, 4.69) is 10.2 Å². The van der Waals surface area contributed by atoms with Crippen LogP contribution in [0.5, 0.6) is 11.5 Å². The predicted octanol–water partition coefficient (Wildman–Crippen LogP) is 4.89. The van der Waals surface area contributed by atoms with Gasteiger partial charge in [0.25, 0.3) is 0 Å². The maximum Gasteiger partial charge on any atom is 0.191 e. The first-order valence-corrected chi connectivity index (χ1v) is 10.7. The molecule has 0 radical (unpaired) electrons. The summed E-state index contributed by atoms with van der Waals surface area (Å²) >= 11 is 19.1. The van der Waals surface area contributed by atoms with Gasteiger partial charge in [-0.05, 0) is 42.5 Å². The number of thioether (sulfide) groups is 1. The second-order valence-corrected chi connectivity index (χ2v) is 8.32. The molecule has 0 aliphatic heterocycles. The molecule has 0 unspecified atom stereocenters. The molecule has 0 bridgehead atoms. The number of aliphatic hydroxyl groups is 1. The summed E-state index contributed by atoms with van der Waals surface area (Å²) in [6.45, 7) is 0.366. The Morgan fingerprint density at radius 2 is 1.76 bits per heavy atom. The molecule has 0 saturated heterocycles. The van der Waals surface area contributed by atoms with Gasteiger partial charge in [0, 0.05) is 22.8 Å². The molecule has 1 heterocycles. The first-order chi connectivity index (χ1) is 13.9. The summed E-state index contributed by atoms with van der Waals surface area (Å²) < 4.78 is 13.1. The molecule has 0 aliphatic carbocycles. The Morgan fingerprint density at radius 1 is 1.03 bits per heavy atom. The zero-order valence-corrected chi connectivity index (χ0v) is 18.5. The molecule has 0 fully saturated rings. The Labute approximate surface area is 187 Å². The van der Waals surface area contributed by atoms with Crippen LogP contribution in [0.3, 0.4) is 0 Å². The van der Waals surface area contributed by atoms with Crippen LogP contribution in [-0.4, -0.2) is 38.3 Å². The summed E-state index contributed by atoms with van der Waals surface area (Å²) in [5, 5.41) is 20.7. The first kappa shape index (κ1) is 22.1. The summed E-state index contributed by atoms with van der Waals surface area (Å²) in [7, 11) is 1.85. The van der Waals surface area contributed by atoms with Gasteiger partial charge in [0.05, 0.1) is 11.1 Å². The van der Waals surface area contributed by atoms with Gasteiger partial charge in [-0.1, -0.05) is 46.6 Å². The molecule has 0 amide bonds. The van der Waals surface area contributed by atoms with Crippen molar-refractivity contribution in [2.75, 3.05) is 12.4 Å². The third-order valence-corrected chi connectivity index (χ3v) is 5.78. The summed E-state index contributed by atoms with van der Waals surface area (Å²) in [6.07, 6.45) is -0.711. The Hall–Kier alpha value is -1.64. The van der Waals surface area contributed by atoms with Gasteiger partial charge in [0.15, 0.2) is 11.0 Å². The molecule has 0 saturated carbocycles. The minimum atomic E-state index is -0.711. The van der Waals surface area contributed by atoms with Gasteiger partial charge in [0.2, 0.25) is 0 Å². The minimum Gasteiger partial charge on any atom is -0.489 e. The largest absolute Gasteiger partial charge is 0.489 e. The van der Waals surface area contributed by atoms with Crippen LogP contribution in [0.1, 0.15) is 5.82 Å². The zero-order valence-electron chi connectivity index (χ0n) is 15.4. The van der Waals surface area contributed by atoms with E-state index in [4.69, 9.17) is 44.3 Å². The topological polar surface area (TPSA) is 69.4 Å². The van der Waals surface area contributed by atoms with Crippen molar-refractivity contribution in [3.8, 4) is 11.5 Å². The molecule has 3 rings (SSSR count). The van der Waals surface area contributed by atoms with Gasteiger partial charge in [-0.2, -0.15) is 0 Å². The fourth-order valence-corrected chi connectivity index (χ4v) is 3.70. The van der Waals surface area contributed by atoms with Crippen molar-refractivity contribution in [3.05, 3.63) is 63.4 Å². The average molecular weight is 475 g/mol. The van der Waals surface area contributed by atoms with E-state index in [1.54, 1.807) is 42.5 Å². The van der Waals surface area contributed by atoms with E-state index in [-0.39, 0.29) is 13.2 Å². The van der Waals surface area contributed by atoms with E-state index in [0.29, 0.717) is 43.3 Å². The molecular weight excluding hydrogens is 457 g/mol. The monoisotopic (exact) mass is 473 g/mol. The highest BCUT2D eigenvalue weighted by molar-refractivity contribution is 7.99. The van der Waals surface area contributed by atoms with Gasteiger partial charge in [-0.3, -0.25) is 0 Å². The number of rotatable bonds is 9. The van der Waals surface area contributed by atoms with Gasteiger partial charge in [-0.15, -0.1) is 10.2 Å². The molecule has 1 aromatic heterocycles. The van der Waals surface area contributed by atoms with E-state index >= 15 is 0 Å². The normalized spacial score (nSPS) is 12.0. The predicted molar refractivity (Wildman–Crippen MR) is 115 cm³/mol. The molecule has 29 heavy (non-hydrogen) atoms. The van der Waals surface area contributed by atoms with Crippen molar-refractivity contribution in [2.24, 2.45) is 7.05 Å². The Morgan fingerprint density at radius 3 is 2.48 bits per heavy atom. The van der Waals surface area contributed by atoms with Crippen LogP contribution in [0.25, 0.3) is 0 Å². The second-order valence-electron chi connectivity index (χ2n) is 6.05. The van der Waals surface area contributed by atoms with Crippen molar-refractivity contribution in [2.45, 2.75) is 17.9 Å². The van der Waals surface area contributed by atoms with E-state index in [1.165, 1.54) is 11.8 Å². The molecule has 1 atom stereocenters. The van der Waals surface area contributed by atoms with E-state index in [1.807, 2.05) is 11.6 Å². The fourth-order valence-electron chi connectivity index (χ4n) is 2.27. The second kappa shape index (κ2) is 10.4. The number of aromatic nitrogens is 3. The highest BCUT2D eigenvalue weighted by Crippen LogP contribution is 2.28. The van der Waals surface area contributed by atoms with Crippen molar-refractivity contribution in [1.82, 2.24) is 14.8 Å². The van der Waals surface area contributed by atoms with E-state index in [9.17, 15) is 5.11 Å². The van der Waals surface area contributed by atoms with Crippen molar-refractivity contribution in [1.29, 1.82) is 0 Å². The van der Waals surface area contributed by atoms with Crippen molar-refractivity contribution < 1.29 is 14.6 Å². The molecular formula is C19H18Cl3N3O3S. The molecule has 0 aliphatic rings. The van der Waals surface area contributed by atoms with E-state index in [0.717, 1.165) is 0 Å². The number of halogens is 3. The molecule has 0 spiro atoms. The fraction of sp³-hybridized carbons (Fsp3) is 0.263. The van der Waals surface area contributed by atoms with Crippen LogP contribution >= 0.6 is 46.6 Å². The van der Waals surface area contributed by atoms with Gasteiger partial charge >= 0.3 is 0 Å². The van der Waals surface area contributed by atoms with Gasteiger partial charge in [-0.25, -0.2) is 0 Å². The van der Waals surface area contributed by atoms with Gasteiger partial charge in [0.1, 0.15) is 24.7 Å². The van der Waals surface area contributed by atoms with Crippen LogP contribution in [0.2, 0.25) is 15.1 Å². The average Bonchev–Trinajstić information content (AvgIpc) is 3.05. The molecule has 1 N–H and O–H groups in total. The summed E-state index contributed by atoms with van der Waals surface area (Å²) in [6, 6.07) is 12.0. The molecule has 10 heteroatoms. The number of hydrogen-bond acceptors (Lipinski definition) is 6.